The van der Waals surface area contributed by atoms with Crippen molar-refractivity contribution in [2.24, 2.45) is 0 Å². The third kappa shape index (κ3) is 11.5. The highest BCUT2D eigenvalue weighted by Crippen LogP contribution is 2.21. The Kier molecular flexibility index (Phi) is 13.6. The molecule has 0 aliphatic carbocycles. The summed E-state index contributed by atoms with van der Waals surface area (Å²) < 4.78 is 37.7. The van der Waals surface area contributed by atoms with Gasteiger partial charge < -0.3 is 30.7 Å². The third-order valence-corrected chi connectivity index (χ3v) is 8.54. The summed E-state index contributed by atoms with van der Waals surface area (Å²) in [4.78, 5) is 34.0. The first-order valence-corrected chi connectivity index (χ1v) is 16.7. The number of hydrogen-bond donors (Lipinski definition) is 4. The number of nitrogens with one attached hydrogen (secondary N) is 4. The zero-order valence-corrected chi connectivity index (χ0v) is 27.1. The summed E-state index contributed by atoms with van der Waals surface area (Å²) in [5.74, 6) is 0.433. The summed E-state index contributed by atoms with van der Waals surface area (Å²) in [6.45, 7) is 10.8. The Labute approximate surface area is 260 Å². The zero-order valence-electron chi connectivity index (χ0n) is 26.3. The predicted octanol–water partition coefficient (Wildman–Crippen LogP) is 4.46. The van der Waals surface area contributed by atoms with Crippen LogP contribution in [0.15, 0.2) is 35.4 Å². The summed E-state index contributed by atoms with van der Waals surface area (Å²) in [5.41, 5.74) is 0.207. The molecule has 4 N–H and O–H groups in total. The highest BCUT2D eigenvalue weighted by Gasteiger charge is 2.26. The molecule has 14 heteroatoms. The number of benzene rings is 1. The summed E-state index contributed by atoms with van der Waals surface area (Å²) in [5, 5.41) is 12.1. The van der Waals surface area contributed by atoms with E-state index in [-0.39, 0.29) is 10.5 Å². The molecule has 2 heterocycles. The van der Waals surface area contributed by atoms with Crippen LogP contribution in [0.2, 0.25) is 0 Å². The Morgan fingerprint density at radius 3 is 2.27 bits per heavy atom. The molecule has 13 nitrogen and oxygen atoms in total. The highest BCUT2D eigenvalue weighted by molar-refractivity contribution is 7.89. The van der Waals surface area contributed by atoms with E-state index in [1.165, 1.54) is 22.6 Å². The molecule has 0 atom stereocenters. The number of aromatic nitrogens is 2. The van der Waals surface area contributed by atoms with Gasteiger partial charge in [0.2, 0.25) is 16.0 Å². The minimum absolute atomic E-state index is 0.159. The predicted molar refractivity (Wildman–Crippen MR) is 171 cm³/mol. The van der Waals surface area contributed by atoms with Crippen molar-refractivity contribution >= 4 is 39.5 Å². The molecule has 2 aromatic rings. The van der Waals surface area contributed by atoms with Crippen molar-refractivity contribution < 1.29 is 27.5 Å². The van der Waals surface area contributed by atoms with E-state index in [4.69, 9.17) is 9.47 Å². The van der Waals surface area contributed by atoms with Crippen LogP contribution in [-0.4, -0.2) is 86.2 Å². The van der Waals surface area contributed by atoms with Crippen molar-refractivity contribution in [1.82, 2.24) is 19.6 Å². The first-order chi connectivity index (χ1) is 21.0. The lowest BCUT2D eigenvalue weighted by molar-refractivity contribution is 0.0526. The van der Waals surface area contributed by atoms with Gasteiger partial charge in [-0.2, -0.15) is 9.29 Å². The van der Waals surface area contributed by atoms with Gasteiger partial charge in [0.05, 0.1) is 18.1 Å². The van der Waals surface area contributed by atoms with Crippen LogP contribution >= 0.6 is 0 Å². The molecule has 1 saturated heterocycles. The molecular weight excluding hydrogens is 586 g/mol. The second-order valence-corrected chi connectivity index (χ2v) is 13.4. The van der Waals surface area contributed by atoms with Crippen LogP contribution < -0.4 is 21.3 Å². The topological polar surface area (TPSA) is 164 Å². The Hall–Kier alpha value is -3.49. The lowest BCUT2D eigenvalue weighted by Crippen LogP contribution is -2.40. The van der Waals surface area contributed by atoms with Crippen molar-refractivity contribution in [1.29, 1.82) is 0 Å². The second-order valence-electron chi connectivity index (χ2n) is 11.5. The molecule has 0 spiro atoms. The van der Waals surface area contributed by atoms with E-state index >= 15 is 0 Å². The molecule has 2 amide bonds. The molecule has 1 aliphatic heterocycles. The van der Waals surface area contributed by atoms with Gasteiger partial charge in [0.1, 0.15) is 17.0 Å². The zero-order chi connectivity index (χ0) is 32.0. The van der Waals surface area contributed by atoms with Crippen LogP contribution in [0.3, 0.4) is 0 Å². The van der Waals surface area contributed by atoms with E-state index in [9.17, 15) is 18.0 Å². The molecule has 0 saturated carbocycles. The number of ether oxygens (including phenoxy) is 2. The van der Waals surface area contributed by atoms with Gasteiger partial charge in [-0.3, -0.25) is 4.79 Å². The highest BCUT2D eigenvalue weighted by atomic mass is 32.2. The van der Waals surface area contributed by atoms with E-state index in [2.05, 4.69) is 38.2 Å². The average molecular weight is 634 g/mol. The van der Waals surface area contributed by atoms with Gasteiger partial charge in [-0.15, -0.1) is 0 Å². The Morgan fingerprint density at radius 2 is 1.61 bits per heavy atom. The lowest BCUT2D eigenvalue weighted by atomic mass is 10.2. The van der Waals surface area contributed by atoms with Gasteiger partial charge in [0.25, 0.3) is 5.91 Å². The third-order valence-electron chi connectivity index (χ3n) is 6.63. The minimum atomic E-state index is -3.63. The fourth-order valence-electron chi connectivity index (χ4n) is 4.30. The van der Waals surface area contributed by atoms with E-state index in [1.807, 2.05) is 20.8 Å². The van der Waals surface area contributed by atoms with E-state index < -0.39 is 27.6 Å². The van der Waals surface area contributed by atoms with Crippen LogP contribution in [0.25, 0.3) is 0 Å². The number of alkyl carbamates (subject to hydrolysis) is 1. The molecule has 0 bridgehead atoms. The fourth-order valence-corrected chi connectivity index (χ4v) is 5.71. The number of morpholine rings is 1. The molecule has 1 fully saturated rings. The van der Waals surface area contributed by atoms with Crippen molar-refractivity contribution in [3.8, 4) is 0 Å². The van der Waals surface area contributed by atoms with E-state index in [0.29, 0.717) is 56.8 Å². The number of unbranched alkanes of at least 4 members (excludes halogenated alkanes) is 4. The number of amides is 2. The van der Waals surface area contributed by atoms with Crippen LogP contribution in [0, 0.1) is 0 Å². The number of carbonyl (C=O) groups is 2. The second kappa shape index (κ2) is 17.1. The maximum atomic E-state index is 13.2. The molecule has 3 rings (SSSR count). The van der Waals surface area contributed by atoms with Gasteiger partial charge in [0.15, 0.2) is 0 Å². The molecule has 0 radical (unpaired) electrons. The SMILES string of the molecule is CCCCNc1ncc(C(=O)Nc2ccc(S(=O)(=O)N3CCOCC3)cc2)c(NCCCCCCNC(=O)OC(C)(C)C)n1. The smallest absolute Gasteiger partial charge is 0.407 e. The largest absolute Gasteiger partial charge is 0.444 e. The Balaban J connectivity index is 1.55. The van der Waals surface area contributed by atoms with Crippen LogP contribution in [0.5, 0.6) is 0 Å². The van der Waals surface area contributed by atoms with Gasteiger partial charge in [-0.25, -0.2) is 18.2 Å². The summed E-state index contributed by atoms with van der Waals surface area (Å²) in [7, 11) is -3.63. The summed E-state index contributed by atoms with van der Waals surface area (Å²) in [6.07, 6.45) is 6.59. The summed E-state index contributed by atoms with van der Waals surface area (Å²) in [6, 6.07) is 6.11. The molecule has 244 valence electrons. The standard InChI is InChI=1S/C30H47N7O6S/c1-5-6-15-32-28-34-22-25(26(36-28)31-16-9-7-8-10-17-33-29(39)43-30(2,3)4)27(38)35-23-11-13-24(14-12-23)44(40,41)37-18-20-42-21-19-37/h11-14,22H,5-10,15-21H2,1-4H3,(H,33,39)(H,35,38)(H2,31,32,34,36). The number of anilines is 3. The number of carbonyl (C=O) groups excluding carboxylic acids is 2. The van der Waals surface area contributed by atoms with E-state index in [0.717, 1.165) is 45.1 Å². The van der Waals surface area contributed by atoms with Crippen molar-refractivity contribution in [2.45, 2.75) is 76.7 Å². The molecule has 1 aromatic heterocycles. The fraction of sp³-hybridized carbons (Fsp3) is 0.600. The molecular formula is C30H47N7O6S. The Bertz CT molecular complexity index is 1310. The van der Waals surface area contributed by atoms with Crippen LogP contribution in [0.4, 0.5) is 22.2 Å². The van der Waals surface area contributed by atoms with Crippen molar-refractivity contribution in [3.05, 3.63) is 36.0 Å². The van der Waals surface area contributed by atoms with Gasteiger partial charge in [-0.1, -0.05) is 26.2 Å². The quantitative estimate of drug-likeness (QED) is 0.194. The molecule has 1 aromatic carbocycles. The van der Waals surface area contributed by atoms with Crippen molar-refractivity contribution in [2.75, 3.05) is 61.9 Å². The monoisotopic (exact) mass is 633 g/mol. The maximum absolute atomic E-state index is 13.2. The molecule has 0 unspecified atom stereocenters. The van der Waals surface area contributed by atoms with Crippen molar-refractivity contribution in [3.63, 3.8) is 0 Å². The van der Waals surface area contributed by atoms with Gasteiger partial charge >= 0.3 is 6.09 Å². The lowest BCUT2D eigenvalue weighted by Gasteiger charge is -2.26. The van der Waals surface area contributed by atoms with E-state index in [1.54, 1.807) is 12.1 Å². The first kappa shape index (κ1) is 35.0. The number of sulfonamides is 1. The van der Waals surface area contributed by atoms with Crippen LogP contribution in [0.1, 0.15) is 76.6 Å². The minimum Gasteiger partial charge on any atom is -0.444 e. The van der Waals surface area contributed by atoms with Crippen LogP contribution in [-0.2, 0) is 19.5 Å². The first-order valence-electron chi connectivity index (χ1n) is 15.3. The molecule has 44 heavy (non-hydrogen) atoms. The Morgan fingerprint density at radius 1 is 0.955 bits per heavy atom. The number of rotatable bonds is 16. The normalized spacial score (nSPS) is 14.1. The van der Waals surface area contributed by atoms with Gasteiger partial charge in [0, 0.05) is 44.6 Å². The average Bonchev–Trinajstić information content (AvgIpc) is 2.98. The number of hydrogen-bond acceptors (Lipinski definition) is 10. The maximum Gasteiger partial charge on any atom is 0.407 e. The molecule has 1 aliphatic rings. The summed E-state index contributed by atoms with van der Waals surface area (Å²) >= 11 is 0. The van der Waals surface area contributed by atoms with Gasteiger partial charge in [-0.05, 0) is 64.3 Å². The number of nitrogens with zero attached hydrogens (tertiary/aromatic N) is 3.